The number of benzene rings is 2. The van der Waals surface area contributed by atoms with E-state index in [0.29, 0.717) is 0 Å². The van der Waals surface area contributed by atoms with E-state index in [-0.39, 0.29) is 0 Å². The minimum Gasteiger partial charge on any atom is -0.497 e. The largest absolute Gasteiger partial charge is 0.497 e. The molecule has 2 nitrogen and oxygen atoms in total. The number of aryl methyl sites for hydroxylation is 1. The zero-order valence-electron chi connectivity index (χ0n) is 12.2. The molecule has 3 rings (SSSR count). The predicted octanol–water partition coefficient (Wildman–Crippen LogP) is 5.20. The molecule has 0 saturated heterocycles. The molecule has 1 aromatic heterocycles. The van der Waals surface area contributed by atoms with Gasteiger partial charge >= 0.3 is 11.3 Å². The van der Waals surface area contributed by atoms with Gasteiger partial charge in [0.25, 0.3) is 0 Å². The Bertz CT molecular complexity index is 786. The summed E-state index contributed by atoms with van der Waals surface area (Å²) in [4.78, 5) is 0. The van der Waals surface area contributed by atoms with Gasteiger partial charge in [-0.25, -0.2) is 4.42 Å². The molecule has 0 aliphatic rings. The second-order valence-electron chi connectivity index (χ2n) is 4.93. The van der Waals surface area contributed by atoms with Crippen LogP contribution in [0.25, 0.3) is 23.1 Å². The Morgan fingerprint density at radius 1 is 0.952 bits per heavy atom. The first-order valence-electron chi connectivity index (χ1n) is 6.91. The van der Waals surface area contributed by atoms with Gasteiger partial charge < -0.3 is 4.74 Å². The van der Waals surface area contributed by atoms with Crippen LogP contribution < -0.4 is 4.74 Å². The molecule has 3 aromatic rings. The average molecular weight is 277 g/mol. The van der Waals surface area contributed by atoms with Crippen LogP contribution in [0.15, 0.2) is 59.0 Å². The quantitative estimate of drug-likeness (QED) is 0.613. The molecule has 0 spiro atoms. The normalized spacial score (nSPS) is 11.1. The highest BCUT2D eigenvalue weighted by molar-refractivity contribution is 5.81. The highest BCUT2D eigenvalue weighted by Gasteiger charge is 2.11. The van der Waals surface area contributed by atoms with E-state index in [2.05, 4.69) is 19.1 Å². The Balaban J connectivity index is 1.91. The molecule has 104 valence electrons. The van der Waals surface area contributed by atoms with E-state index < -0.39 is 0 Å². The van der Waals surface area contributed by atoms with E-state index >= 15 is 0 Å². The van der Waals surface area contributed by atoms with Crippen LogP contribution in [-0.2, 0) is 0 Å². The van der Waals surface area contributed by atoms with Crippen molar-refractivity contribution in [3.8, 4) is 5.75 Å². The second-order valence-corrected chi connectivity index (χ2v) is 4.93. The summed E-state index contributed by atoms with van der Waals surface area (Å²) in [6.45, 7) is 2.10. The molecule has 0 saturated carbocycles. The zero-order valence-corrected chi connectivity index (χ0v) is 12.2. The molecule has 0 aliphatic heterocycles. The van der Waals surface area contributed by atoms with Gasteiger partial charge in [-0.2, -0.15) is 0 Å². The Morgan fingerprint density at radius 3 is 2.48 bits per heavy atom. The van der Waals surface area contributed by atoms with Crippen LogP contribution in [0.2, 0.25) is 0 Å². The smallest absolute Gasteiger partial charge is 0.361 e. The summed E-state index contributed by atoms with van der Waals surface area (Å²) in [6.07, 6.45) is 4.02. The summed E-state index contributed by atoms with van der Waals surface area (Å²) in [6, 6.07) is 18.1. The van der Waals surface area contributed by atoms with Crippen LogP contribution in [0.3, 0.4) is 0 Å². The summed E-state index contributed by atoms with van der Waals surface area (Å²) in [5.74, 6) is 1.71. The Hall–Kier alpha value is -2.61. The van der Waals surface area contributed by atoms with Gasteiger partial charge in [-0.15, -0.1) is 0 Å². The summed E-state index contributed by atoms with van der Waals surface area (Å²) < 4.78 is 11.1. The number of methoxy groups -OCH3 is 1. The van der Waals surface area contributed by atoms with Crippen molar-refractivity contribution < 1.29 is 9.15 Å². The van der Waals surface area contributed by atoms with Gasteiger partial charge in [0.15, 0.2) is 0 Å². The lowest BCUT2D eigenvalue weighted by Gasteiger charge is -1.98. The Kier molecular flexibility index (Phi) is 3.69. The minimum absolute atomic E-state index is 0.849. The molecule has 0 aliphatic carbocycles. The SMILES string of the molecule is COc1ccc(C=Cc2cc(C)c3ccccc3[o+]2)cc1. The van der Waals surface area contributed by atoms with Crippen molar-refractivity contribution in [1.29, 1.82) is 0 Å². The third-order valence-electron chi connectivity index (χ3n) is 3.45. The molecule has 21 heavy (non-hydrogen) atoms. The molecular weight excluding hydrogens is 260 g/mol. The van der Waals surface area contributed by atoms with E-state index in [1.165, 1.54) is 5.56 Å². The van der Waals surface area contributed by atoms with Crippen LogP contribution in [-0.4, -0.2) is 7.11 Å². The van der Waals surface area contributed by atoms with Gasteiger partial charge in [-0.1, -0.05) is 24.3 Å². The summed E-state index contributed by atoms with van der Waals surface area (Å²) in [5, 5.41) is 1.15. The highest BCUT2D eigenvalue weighted by atomic mass is 16.5. The van der Waals surface area contributed by atoms with Crippen LogP contribution in [0.1, 0.15) is 16.9 Å². The van der Waals surface area contributed by atoms with Crippen molar-refractivity contribution >= 4 is 23.1 Å². The van der Waals surface area contributed by atoms with E-state index in [4.69, 9.17) is 9.15 Å². The van der Waals surface area contributed by atoms with E-state index in [1.807, 2.05) is 54.6 Å². The van der Waals surface area contributed by atoms with Crippen molar-refractivity contribution in [2.24, 2.45) is 0 Å². The number of ether oxygens (including phenoxy) is 1. The van der Waals surface area contributed by atoms with E-state index in [0.717, 1.165) is 28.0 Å². The fraction of sp³-hybridized carbons (Fsp3) is 0.105. The first kappa shape index (κ1) is 13.4. The molecule has 0 radical (unpaired) electrons. The lowest BCUT2D eigenvalue weighted by Crippen LogP contribution is -1.82. The number of hydrogen-bond donors (Lipinski definition) is 0. The summed E-state index contributed by atoms with van der Waals surface area (Å²) in [7, 11) is 1.67. The maximum absolute atomic E-state index is 5.90. The minimum atomic E-state index is 0.849. The van der Waals surface area contributed by atoms with Gasteiger partial charge in [0.1, 0.15) is 5.75 Å². The lowest BCUT2D eigenvalue weighted by molar-refractivity contribution is 0.415. The topological polar surface area (TPSA) is 20.5 Å². The molecule has 0 amide bonds. The van der Waals surface area contributed by atoms with Gasteiger partial charge in [-0.05, 0) is 42.3 Å². The highest BCUT2D eigenvalue weighted by Crippen LogP contribution is 2.22. The van der Waals surface area contributed by atoms with Gasteiger partial charge in [0, 0.05) is 18.2 Å². The molecular formula is C19H17O2+. The molecule has 1 heterocycles. The molecule has 0 bridgehead atoms. The number of rotatable bonds is 3. The van der Waals surface area contributed by atoms with E-state index in [1.54, 1.807) is 7.11 Å². The van der Waals surface area contributed by atoms with Crippen LogP contribution in [0.4, 0.5) is 0 Å². The molecule has 0 N–H and O–H groups in total. The van der Waals surface area contributed by atoms with Crippen LogP contribution in [0, 0.1) is 6.92 Å². The van der Waals surface area contributed by atoms with Crippen molar-refractivity contribution in [1.82, 2.24) is 0 Å². The number of hydrogen-bond acceptors (Lipinski definition) is 1. The first-order chi connectivity index (χ1) is 10.3. The fourth-order valence-corrected chi connectivity index (χ4v) is 2.30. The van der Waals surface area contributed by atoms with Crippen molar-refractivity contribution in [2.75, 3.05) is 7.11 Å². The molecule has 0 fully saturated rings. The molecule has 0 atom stereocenters. The third kappa shape index (κ3) is 2.95. The predicted molar refractivity (Wildman–Crippen MR) is 87.3 cm³/mol. The maximum Gasteiger partial charge on any atom is 0.361 e. The average Bonchev–Trinajstić information content (AvgIpc) is 2.53. The molecule has 0 unspecified atom stereocenters. The van der Waals surface area contributed by atoms with Crippen LogP contribution >= 0.6 is 0 Å². The fourth-order valence-electron chi connectivity index (χ4n) is 2.30. The number of para-hydroxylation sites is 1. The lowest BCUT2D eigenvalue weighted by atomic mass is 10.1. The zero-order chi connectivity index (χ0) is 14.7. The standard InChI is InChI=1S/C19H17O2/c1-14-13-17(21-19-6-4-3-5-18(14)19)12-9-15-7-10-16(20-2)11-8-15/h3-13H,1-2H3/q+1. The second kappa shape index (κ2) is 5.80. The Labute approximate surface area is 124 Å². The van der Waals surface area contributed by atoms with Gasteiger partial charge in [0.2, 0.25) is 0 Å². The Morgan fingerprint density at radius 2 is 1.71 bits per heavy atom. The van der Waals surface area contributed by atoms with Gasteiger partial charge in [-0.3, -0.25) is 0 Å². The third-order valence-corrected chi connectivity index (χ3v) is 3.45. The molecule has 2 heteroatoms. The van der Waals surface area contributed by atoms with Crippen molar-refractivity contribution in [2.45, 2.75) is 6.92 Å². The van der Waals surface area contributed by atoms with Crippen LogP contribution in [0.5, 0.6) is 5.75 Å². The maximum atomic E-state index is 5.90. The van der Waals surface area contributed by atoms with Gasteiger partial charge in [0.05, 0.1) is 12.5 Å². The monoisotopic (exact) mass is 277 g/mol. The van der Waals surface area contributed by atoms with Crippen molar-refractivity contribution in [3.05, 3.63) is 71.5 Å². The van der Waals surface area contributed by atoms with Crippen molar-refractivity contribution in [3.63, 3.8) is 0 Å². The first-order valence-corrected chi connectivity index (χ1v) is 6.91. The number of fused-ring (bicyclic) bond motifs is 1. The van der Waals surface area contributed by atoms with E-state index in [9.17, 15) is 0 Å². The summed E-state index contributed by atoms with van der Waals surface area (Å²) >= 11 is 0. The molecule has 2 aromatic carbocycles. The summed E-state index contributed by atoms with van der Waals surface area (Å²) in [5.41, 5.74) is 3.23.